The average Bonchev–Trinajstić information content (AvgIpc) is 3.23. The molecule has 0 saturated carbocycles. The lowest BCUT2D eigenvalue weighted by Crippen LogP contribution is -2.35. The molecule has 29 heavy (non-hydrogen) atoms. The molecule has 1 fully saturated rings. The Morgan fingerprint density at radius 1 is 1.17 bits per heavy atom. The molecule has 1 unspecified atom stereocenters. The van der Waals surface area contributed by atoms with Crippen LogP contribution in [0, 0.1) is 17.0 Å². The Labute approximate surface area is 171 Å². The molecule has 7 nitrogen and oxygen atoms in total. The van der Waals surface area contributed by atoms with Gasteiger partial charge in [0.25, 0.3) is 11.6 Å². The molecule has 0 aliphatic carbocycles. The highest BCUT2D eigenvalue weighted by Gasteiger charge is 2.23. The summed E-state index contributed by atoms with van der Waals surface area (Å²) in [5.41, 5.74) is 3.35. The fraction of sp³-hybridized carbons (Fsp3) is 0.409. The second-order valence-electron chi connectivity index (χ2n) is 7.75. The number of carbonyl (C=O) groups is 1. The minimum absolute atomic E-state index is 0.00786. The SMILES string of the molecule is Cc1ccc(C(CNC(=O)c2cc([N+](=O)[O-])ccc2N2CCCC2)N(C)C)cc1. The fourth-order valence-corrected chi connectivity index (χ4v) is 3.73. The van der Waals surface area contributed by atoms with Crippen LogP contribution in [0.4, 0.5) is 11.4 Å². The maximum Gasteiger partial charge on any atom is 0.270 e. The molecule has 7 heteroatoms. The lowest BCUT2D eigenvalue weighted by molar-refractivity contribution is -0.384. The van der Waals surface area contributed by atoms with Crippen molar-refractivity contribution in [2.45, 2.75) is 25.8 Å². The maximum absolute atomic E-state index is 13.0. The Balaban J connectivity index is 1.82. The highest BCUT2D eigenvalue weighted by molar-refractivity contribution is 6.00. The van der Waals surface area contributed by atoms with Gasteiger partial charge in [0.05, 0.1) is 22.2 Å². The van der Waals surface area contributed by atoms with E-state index in [0.717, 1.165) is 37.2 Å². The third kappa shape index (κ3) is 4.92. The summed E-state index contributed by atoms with van der Waals surface area (Å²) in [4.78, 5) is 28.0. The van der Waals surface area contributed by atoms with E-state index in [-0.39, 0.29) is 17.6 Å². The molecular formula is C22H28N4O3. The van der Waals surface area contributed by atoms with Crippen molar-refractivity contribution in [2.24, 2.45) is 0 Å². The number of non-ortho nitro benzene ring substituents is 1. The first-order chi connectivity index (χ1) is 13.9. The van der Waals surface area contributed by atoms with Gasteiger partial charge in [-0.3, -0.25) is 14.9 Å². The van der Waals surface area contributed by atoms with Gasteiger partial charge in [0.15, 0.2) is 0 Å². The van der Waals surface area contributed by atoms with Crippen LogP contribution in [0.25, 0.3) is 0 Å². The van der Waals surface area contributed by atoms with E-state index < -0.39 is 4.92 Å². The summed E-state index contributed by atoms with van der Waals surface area (Å²) >= 11 is 0. The zero-order valence-corrected chi connectivity index (χ0v) is 17.2. The van der Waals surface area contributed by atoms with Gasteiger partial charge in [-0.1, -0.05) is 29.8 Å². The largest absolute Gasteiger partial charge is 0.371 e. The molecule has 0 radical (unpaired) electrons. The van der Waals surface area contributed by atoms with E-state index in [1.165, 1.54) is 17.7 Å². The molecule has 1 N–H and O–H groups in total. The van der Waals surface area contributed by atoms with E-state index in [0.29, 0.717) is 12.1 Å². The summed E-state index contributed by atoms with van der Waals surface area (Å²) in [6.07, 6.45) is 2.13. The highest BCUT2D eigenvalue weighted by atomic mass is 16.6. The first-order valence-electron chi connectivity index (χ1n) is 9.91. The number of nitrogens with one attached hydrogen (secondary N) is 1. The van der Waals surface area contributed by atoms with Crippen LogP contribution >= 0.6 is 0 Å². The number of rotatable bonds is 7. The number of nitro groups is 1. The Bertz CT molecular complexity index is 874. The molecule has 154 valence electrons. The van der Waals surface area contributed by atoms with E-state index >= 15 is 0 Å². The Hall–Kier alpha value is -2.93. The highest BCUT2D eigenvalue weighted by Crippen LogP contribution is 2.28. The molecule has 2 aromatic carbocycles. The van der Waals surface area contributed by atoms with Crippen LogP contribution in [-0.4, -0.2) is 49.5 Å². The summed E-state index contributed by atoms with van der Waals surface area (Å²) in [5.74, 6) is -0.283. The molecule has 1 aliphatic rings. The second-order valence-corrected chi connectivity index (χ2v) is 7.75. The number of aryl methyl sites for hydroxylation is 1. The molecule has 1 atom stereocenters. The van der Waals surface area contributed by atoms with Crippen LogP contribution in [0.1, 0.15) is 40.4 Å². The van der Waals surface area contributed by atoms with Gasteiger partial charge in [-0.25, -0.2) is 0 Å². The number of anilines is 1. The van der Waals surface area contributed by atoms with Gasteiger partial charge in [-0.15, -0.1) is 0 Å². The van der Waals surface area contributed by atoms with Crippen molar-refractivity contribution in [3.63, 3.8) is 0 Å². The molecule has 1 aliphatic heterocycles. The van der Waals surface area contributed by atoms with Crippen molar-refractivity contribution in [3.05, 3.63) is 69.3 Å². The zero-order valence-electron chi connectivity index (χ0n) is 17.2. The molecule has 0 spiro atoms. The summed E-state index contributed by atoms with van der Waals surface area (Å²) < 4.78 is 0. The number of likely N-dealkylation sites (N-methyl/N-ethyl adjacent to an activating group) is 1. The number of benzene rings is 2. The predicted octanol–water partition coefficient (Wildman–Crippen LogP) is 3.54. The quantitative estimate of drug-likeness (QED) is 0.572. The van der Waals surface area contributed by atoms with Crippen molar-refractivity contribution in [2.75, 3.05) is 38.6 Å². The van der Waals surface area contributed by atoms with Gasteiger partial charge in [-0.05, 0) is 45.5 Å². The second kappa shape index (κ2) is 9.05. The summed E-state index contributed by atoms with van der Waals surface area (Å²) in [6, 6.07) is 12.8. The monoisotopic (exact) mass is 396 g/mol. The van der Waals surface area contributed by atoms with E-state index in [1.54, 1.807) is 6.07 Å². The number of hydrogen-bond acceptors (Lipinski definition) is 5. The molecule has 0 bridgehead atoms. The van der Waals surface area contributed by atoms with Gasteiger partial charge in [0, 0.05) is 31.8 Å². The van der Waals surface area contributed by atoms with Crippen LogP contribution < -0.4 is 10.2 Å². The van der Waals surface area contributed by atoms with Crippen molar-refractivity contribution >= 4 is 17.3 Å². The Morgan fingerprint density at radius 3 is 2.41 bits per heavy atom. The third-order valence-electron chi connectivity index (χ3n) is 5.42. The van der Waals surface area contributed by atoms with E-state index in [2.05, 4.69) is 39.4 Å². The topological polar surface area (TPSA) is 78.7 Å². The van der Waals surface area contributed by atoms with Crippen molar-refractivity contribution in [3.8, 4) is 0 Å². The minimum Gasteiger partial charge on any atom is -0.371 e. The first-order valence-corrected chi connectivity index (χ1v) is 9.91. The predicted molar refractivity (Wildman–Crippen MR) is 114 cm³/mol. The normalized spacial score (nSPS) is 14.8. The van der Waals surface area contributed by atoms with Gasteiger partial charge in [0.1, 0.15) is 0 Å². The van der Waals surface area contributed by atoms with Crippen molar-refractivity contribution in [1.29, 1.82) is 0 Å². The number of amides is 1. The number of hydrogen-bond donors (Lipinski definition) is 1. The average molecular weight is 396 g/mol. The van der Waals surface area contributed by atoms with Crippen molar-refractivity contribution < 1.29 is 9.72 Å². The van der Waals surface area contributed by atoms with Gasteiger partial charge in [0.2, 0.25) is 0 Å². The van der Waals surface area contributed by atoms with Crippen LogP contribution in [-0.2, 0) is 0 Å². The summed E-state index contributed by atoms with van der Waals surface area (Å²) in [6.45, 7) is 4.18. The Kier molecular flexibility index (Phi) is 6.49. The molecular weight excluding hydrogens is 368 g/mol. The molecule has 0 aromatic heterocycles. The zero-order chi connectivity index (χ0) is 21.0. The van der Waals surface area contributed by atoms with E-state index in [4.69, 9.17) is 0 Å². The smallest absolute Gasteiger partial charge is 0.270 e. The lowest BCUT2D eigenvalue weighted by atomic mass is 10.0. The maximum atomic E-state index is 13.0. The van der Waals surface area contributed by atoms with Crippen LogP contribution in [0.2, 0.25) is 0 Å². The first kappa shape index (κ1) is 20.8. The Morgan fingerprint density at radius 2 is 1.83 bits per heavy atom. The van der Waals surface area contributed by atoms with Crippen molar-refractivity contribution in [1.82, 2.24) is 10.2 Å². The van der Waals surface area contributed by atoms with Crippen LogP contribution in [0.15, 0.2) is 42.5 Å². The van der Waals surface area contributed by atoms with Crippen LogP contribution in [0.3, 0.4) is 0 Å². The number of nitrogens with zero attached hydrogens (tertiary/aromatic N) is 3. The lowest BCUT2D eigenvalue weighted by Gasteiger charge is -2.26. The van der Waals surface area contributed by atoms with Gasteiger partial charge in [-0.2, -0.15) is 0 Å². The third-order valence-corrected chi connectivity index (χ3v) is 5.42. The van der Waals surface area contributed by atoms with Crippen LogP contribution in [0.5, 0.6) is 0 Å². The fourth-order valence-electron chi connectivity index (χ4n) is 3.73. The van der Waals surface area contributed by atoms with E-state index in [1.807, 2.05) is 21.0 Å². The number of carbonyl (C=O) groups excluding carboxylic acids is 1. The molecule has 1 saturated heterocycles. The molecule has 1 heterocycles. The minimum atomic E-state index is -0.459. The molecule has 3 rings (SSSR count). The summed E-state index contributed by atoms with van der Waals surface area (Å²) in [5, 5.41) is 14.2. The molecule has 1 amide bonds. The van der Waals surface area contributed by atoms with E-state index in [9.17, 15) is 14.9 Å². The standard InChI is InChI=1S/C22H28N4O3/c1-16-6-8-17(9-7-16)21(24(2)3)15-23-22(27)19-14-18(26(28)29)10-11-20(19)25-12-4-5-13-25/h6-11,14,21H,4-5,12-13,15H2,1-3H3,(H,23,27). The molecule has 2 aromatic rings. The number of nitro benzene ring substituents is 1. The van der Waals surface area contributed by atoms with Gasteiger partial charge >= 0.3 is 0 Å². The van der Waals surface area contributed by atoms with Gasteiger partial charge < -0.3 is 15.1 Å². The summed E-state index contributed by atoms with van der Waals surface area (Å²) in [7, 11) is 3.94.